The third kappa shape index (κ3) is 3.13. The Labute approximate surface area is 149 Å². The van der Waals surface area contributed by atoms with E-state index in [0.29, 0.717) is 17.9 Å². The number of nitrogens with one attached hydrogen (secondary N) is 1. The predicted octanol–water partition coefficient (Wildman–Crippen LogP) is 2.55. The molecular formula is C16H17Cl2NO5. The molecule has 1 amide bonds. The Kier molecular flexibility index (Phi) is 4.30. The van der Waals surface area contributed by atoms with E-state index in [1.54, 1.807) is 19.1 Å². The summed E-state index contributed by atoms with van der Waals surface area (Å²) in [6.07, 6.45) is -0.624. The quantitative estimate of drug-likeness (QED) is 0.634. The molecule has 130 valence electrons. The molecule has 0 unspecified atom stereocenters. The highest BCUT2D eigenvalue weighted by molar-refractivity contribution is 6.53. The van der Waals surface area contributed by atoms with Gasteiger partial charge in [-0.1, -0.05) is 6.07 Å². The van der Waals surface area contributed by atoms with E-state index in [0.717, 1.165) is 5.56 Å². The van der Waals surface area contributed by atoms with Crippen LogP contribution in [-0.4, -0.2) is 29.1 Å². The summed E-state index contributed by atoms with van der Waals surface area (Å²) in [5, 5.41) is 2.71. The van der Waals surface area contributed by atoms with Crippen molar-refractivity contribution < 1.29 is 23.8 Å². The summed E-state index contributed by atoms with van der Waals surface area (Å²) in [5.41, 5.74) is -0.108. The van der Waals surface area contributed by atoms with Gasteiger partial charge in [0, 0.05) is 13.0 Å². The molecular weight excluding hydrogens is 357 g/mol. The highest BCUT2D eigenvalue weighted by Crippen LogP contribution is 2.64. The van der Waals surface area contributed by atoms with Crippen LogP contribution in [0.25, 0.3) is 0 Å². The molecule has 1 heterocycles. The smallest absolute Gasteiger partial charge is 0.315 e. The molecule has 3 rings (SSSR count). The Morgan fingerprint density at radius 1 is 1.33 bits per heavy atom. The van der Waals surface area contributed by atoms with E-state index in [-0.39, 0.29) is 13.3 Å². The van der Waals surface area contributed by atoms with Crippen LogP contribution >= 0.6 is 23.2 Å². The fourth-order valence-corrected chi connectivity index (χ4v) is 3.04. The Morgan fingerprint density at radius 2 is 2.00 bits per heavy atom. The first-order valence-electron chi connectivity index (χ1n) is 7.48. The second kappa shape index (κ2) is 6.01. The number of hydrogen-bond acceptors (Lipinski definition) is 5. The zero-order chi connectivity index (χ0) is 17.5. The van der Waals surface area contributed by atoms with E-state index in [1.165, 1.54) is 6.92 Å². The molecule has 2 aliphatic rings. The molecule has 6 nitrogen and oxygen atoms in total. The Morgan fingerprint density at radius 3 is 2.67 bits per heavy atom. The molecule has 0 bridgehead atoms. The van der Waals surface area contributed by atoms with Crippen molar-refractivity contribution >= 4 is 35.1 Å². The van der Waals surface area contributed by atoms with Crippen molar-refractivity contribution in [1.82, 2.24) is 5.32 Å². The van der Waals surface area contributed by atoms with Crippen LogP contribution in [0.15, 0.2) is 18.2 Å². The molecule has 1 aromatic carbocycles. The second-order valence-corrected chi connectivity index (χ2v) is 7.65. The van der Waals surface area contributed by atoms with Crippen molar-refractivity contribution in [3.05, 3.63) is 23.8 Å². The number of alkyl halides is 2. The lowest BCUT2D eigenvalue weighted by Crippen LogP contribution is -2.37. The van der Waals surface area contributed by atoms with E-state index in [9.17, 15) is 9.59 Å². The van der Waals surface area contributed by atoms with Gasteiger partial charge < -0.3 is 19.5 Å². The number of halogens is 2. The first kappa shape index (κ1) is 17.2. The number of fused-ring (bicyclic) bond motifs is 1. The molecule has 1 N–H and O–H groups in total. The second-order valence-electron chi connectivity index (χ2n) is 6.17. The predicted molar refractivity (Wildman–Crippen MR) is 87.1 cm³/mol. The third-order valence-electron chi connectivity index (χ3n) is 4.27. The van der Waals surface area contributed by atoms with Gasteiger partial charge in [-0.05, 0) is 31.5 Å². The van der Waals surface area contributed by atoms with Gasteiger partial charge in [-0.15, -0.1) is 23.2 Å². The molecule has 0 saturated heterocycles. The summed E-state index contributed by atoms with van der Waals surface area (Å²) in [6, 6.07) is 5.40. The summed E-state index contributed by atoms with van der Waals surface area (Å²) in [4.78, 5) is 24.1. The fourth-order valence-electron chi connectivity index (χ4n) is 2.35. The maximum Gasteiger partial charge on any atom is 0.315 e. The van der Waals surface area contributed by atoms with Gasteiger partial charge in [0.25, 0.3) is 5.91 Å². The van der Waals surface area contributed by atoms with Gasteiger partial charge >= 0.3 is 5.97 Å². The molecule has 8 heteroatoms. The number of carbonyl (C=O) groups excluding carboxylic acids is 2. The number of amides is 1. The van der Waals surface area contributed by atoms with Gasteiger partial charge in [0.2, 0.25) is 6.79 Å². The summed E-state index contributed by atoms with van der Waals surface area (Å²) < 4.78 is 14.6. The molecule has 24 heavy (non-hydrogen) atoms. The summed E-state index contributed by atoms with van der Waals surface area (Å²) in [7, 11) is 0. The number of carbonyl (C=O) groups is 2. The van der Waals surface area contributed by atoms with Crippen molar-refractivity contribution in [1.29, 1.82) is 0 Å². The van der Waals surface area contributed by atoms with Crippen LogP contribution in [0.1, 0.15) is 25.8 Å². The molecule has 2 atom stereocenters. The number of rotatable bonds is 5. The summed E-state index contributed by atoms with van der Waals surface area (Å²) in [6.45, 7) is 3.60. The molecule has 1 aliphatic carbocycles. The zero-order valence-corrected chi connectivity index (χ0v) is 14.7. The molecule has 1 aromatic rings. The monoisotopic (exact) mass is 373 g/mol. The fraction of sp³-hybridized carbons (Fsp3) is 0.500. The highest BCUT2D eigenvalue weighted by atomic mass is 35.5. The largest absolute Gasteiger partial charge is 0.454 e. The first-order chi connectivity index (χ1) is 11.2. The lowest BCUT2D eigenvalue weighted by Gasteiger charge is -2.17. The maximum absolute atomic E-state index is 12.1. The van der Waals surface area contributed by atoms with Crippen LogP contribution in [0.2, 0.25) is 0 Å². The average Bonchev–Trinajstić information content (AvgIpc) is 2.88. The van der Waals surface area contributed by atoms with Crippen molar-refractivity contribution in [2.75, 3.05) is 6.79 Å². The number of benzene rings is 1. The Balaban J connectivity index is 1.51. The van der Waals surface area contributed by atoms with E-state index < -0.39 is 27.7 Å². The minimum Gasteiger partial charge on any atom is -0.454 e. The van der Waals surface area contributed by atoms with Gasteiger partial charge in [0.1, 0.15) is 9.75 Å². The topological polar surface area (TPSA) is 73.9 Å². The van der Waals surface area contributed by atoms with E-state index in [4.69, 9.17) is 37.4 Å². The van der Waals surface area contributed by atoms with Crippen LogP contribution in [0.4, 0.5) is 0 Å². The van der Waals surface area contributed by atoms with Crippen molar-refractivity contribution in [3.8, 4) is 11.5 Å². The highest BCUT2D eigenvalue weighted by Gasteiger charge is 2.69. The molecule has 1 aliphatic heterocycles. The van der Waals surface area contributed by atoms with Crippen LogP contribution in [-0.2, 0) is 20.9 Å². The van der Waals surface area contributed by atoms with Crippen LogP contribution < -0.4 is 14.8 Å². The lowest BCUT2D eigenvalue weighted by molar-refractivity contribution is -0.159. The number of ether oxygens (including phenoxy) is 3. The minimum absolute atomic E-state index is 0.194. The molecule has 0 radical (unpaired) electrons. The van der Waals surface area contributed by atoms with Crippen molar-refractivity contribution in [2.24, 2.45) is 5.41 Å². The standard InChI is InChI=1S/C16H17Cl2NO5/c1-9(24-14(21)15(2)7-16(15,17)18)13(20)19-6-10-3-4-11-12(5-10)23-8-22-11/h3-5,9H,6-8H2,1-2H3,(H,19,20)/t9-,15-/m1/s1. The molecule has 0 spiro atoms. The minimum atomic E-state index is -1.12. The van der Waals surface area contributed by atoms with Crippen molar-refractivity contribution in [3.63, 3.8) is 0 Å². The van der Waals surface area contributed by atoms with Crippen LogP contribution in [0, 0.1) is 5.41 Å². The van der Waals surface area contributed by atoms with E-state index in [1.807, 2.05) is 6.07 Å². The molecule has 0 aromatic heterocycles. The van der Waals surface area contributed by atoms with E-state index >= 15 is 0 Å². The molecule has 1 fully saturated rings. The third-order valence-corrected chi connectivity index (χ3v) is 5.37. The number of esters is 1. The van der Waals surface area contributed by atoms with Gasteiger partial charge in [0.15, 0.2) is 17.6 Å². The van der Waals surface area contributed by atoms with Gasteiger partial charge in [-0.3, -0.25) is 9.59 Å². The van der Waals surface area contributed by atoms with Gasteiger partial charge in [-0.25, -0.2) is 0 Å². The summed E-state index contributed by atoms with van der Waals surface area (Å²) >= 11 is 11.9. The first-order valence-corrected chi connectivity index (χ1v) is 8.24. The lowest BCUT2D eigenvalue weighted by atomic mass is 10.1. The SMILES string of the molecule is C[C@@H](OC(=O)[C@@]1(C)CC1(Cl)Cl)C(=O)NCc1ccc2c(c1)OCO2. The Bertz CT molecular complexity index is 693. The number of hydrogen-bond donors (Lipinski definition) is 1. The van der Waals surface area contributed by atoms with Crippen molar-refractivity contribution in [2.45, 2.75) is 37.3 Å². The average molecular weight is 374 g/mol. The zero-order valence-electron chi connectivity index (χ0n) is 13.2. The van der Waals surface area contributed by atoms with Crippen LogP contribution in [0.3, 0.4) is 0 Å². The summed E-state index contributed by atoms with van der Waals surface area (Å²) in [5.74, 6) is 0.345. The van der Waals surface area contributed by atoms with Gasteiger partial charge in [-0.2, -0.15) is 0 Å². The van der Waals surface area contributed by atoms with Crippen LogP contribution in [0.5, 0.6) is 11.5 Å². The normalized spacial score (nSPS) is 24.2. The van der Waals surface area contributed by atoms with Gasteiger partial charge in [0.05, 0.1) is 0 Å². The van der Waals surface area contributed by atoms with E-state index in [2.05, 4.69) is 5.32 Å². The Hall–Kier alpha value is -1.66. The maximum atomic E-state index is 12.1. The molecule has 1 saturated carbocycles.